The molecule has 23 heavy (non-hydrogen) atoms. The molecule has 2 heterocycles. The Morgan fingerprint density at radius 3 is 2.70 bits per heavy atom. The third-order valence-corrected chi connectivity index (χ3v) is 4.58. The monoisotopic (exact) mass is 346 g/mol. The van der Waals surface area contributed by atoms with Crippen LogP contribution in [0.1, 0.15) is 12.5 Å². The quantitative estimate of drug-likeness (QED) is 0.739. The van der Waals surface area contributed by atoms with Crippen LogP contribution in [-0.4, -0.2) is 26.8 Å². The van der Waals surface area contributed by atoms with Gasteiger partial charge in [0.05, 0.1) is 0 Å². The first-order valence-electron chi connectivity index (χ1n) is 7.02. The molecule has 1 atom stereocenters. The summed E-state index contributed by atoms with van der Waals surface area (Å²) in [5.41, 5.74) is 0.328. The van der Waals surface area contributed by atoms with Crippen molar-refractivity contribution in [2.24, 2.45) is 0 Å². The van der Waals surface area contributed by atoms with Crippen molar-refractivity contribution in [3.8, 4) is 10.7 Å². The molecule has 1 aromatic carbocycles. The van der Waals surface area contributed by atoms with Crippen LogP contribution in [-0.2, 0) is 5.60 Å². The second-order valence-electron chi connectivity index (χ2n) is 5.23. The van der Waals surface area contributed by atoms with E-state index in [0.29, 0.717) is 15.7 Å². The molecular formula is C16H15ClN4OS. The number of rotatable bonds is 5. The maximum Gasteiger partial charge on any atom is 0.206 e. The van der Waals surface area contributed by atoms with Gasteiger partial charge in [-0.2, -0.15) is 0 Å². The van der Waals surface area contributed by atoms with Crippen molar-refractivity contribution in [2.45, 2.75) is 12.5 Å². The summed E-state index contributed by atoms with van der Waals surface area (Å²) in [5, 5.41) is 23.8. The van der Waals surface area contributed by atoms with E-state index in [1.54, 1.807) is 19.2 Å². The molecule has 0 fully saturated rings. The number of nitrogens with zero attached hydrogens (tertiary/aromatic N) is 3. The van der Waals surface area contributed by atoms with E-state index in [-0.39, 0.29) is 6.54 Å². The van der Waals surface area contributed by atoms with Gasteiger partial charge in [-0.1, -0.05) is 47.2 Å². The Labute approximate surface area is 143 Å². The normalized spacial score (nSPS) is 13.5. The number of aliphatic hydroxyl groups is 1. The van der Waals surface area contributed by atoms with Crippen molar-refractivity contribution in [1.29, 1.82) is 0 Å². The lowest BCUT2D eigenvalue weighted by Gasteiger charge is -2.24. The van der Waals surface area contributed by atoms with Crippen LogP contribution < -0.4 is 5.32 Å². The minimum Gasteiger partial charge on any atom is -0.384 e. The van der Waals surface area contributed by atoms with Crippen molar-refractivity contribution >= 4 is 28.1 Å². The molecule has 0 saturated carbocycles. The number of hydrogen-bond acceptors (Lipinski definition) is 6. The highest BCUT2D eigenvalue weighted by atomic mass is 35.5. The fourth-order valence-electron chi connectivity index (χ4n) is 2.13. The average Bonchev–Trinajstić information content (AvgIpc) is 3.03. The Morgan fingerprint density at radius 2 is 1.96 bits per heavy atom. The molecule has 0 spiro atoms. The van der Waals surface area contributed by atoms with Crippen molar-refractivity contribution in [3.05, 3.63) is 59.2 Å². The summed E-state index contributed by atoms with van der Waals surface area (Å²) in [6, 6.07) is 12.9. The molecule has 0 saturated heterocycles. The summed E-state index contributed by atoms with van der Waals surface area (Å²) >= 11 is 7.54. The van der Waals surface area contributed by atoms with Crippen LogP contribution in [0.15, 0.2) is 48.7 Å². The number of hydrogen-bond donors (Lipinski definition) is 2. The number of aromatic nitrogens is 3. The fraction of sp³-hybridized carbons (Fsp3) is 0.188. The molecule has 1 unspecified atom stereocenters. The van der Waals surface area contributed by atoms with Gasteiger partial charge in [0.1, 0.15) is 11.3 Å². The van der Waals surface area contributed by atoms with E-state index in [1.165, 1.54) is 11.3 Å². The molecule has 0 aliphatic carbocycles. The predicted molar refractivity (Wildman–Crippen MR) is 92.7 cm³/mol. The maximum atomic E-state index is 10.6. The Bertz CT molecular complexity index is 792. The summed E-state index contributed by atoms with van der Waals surface area (Å²) in [5.74, 6) is 0. The van der Waals surface area contributed by atoms with E-state index in [0.717, 1.165) is 10.7 Å². The first-order chi connectivity index (χ1) is 11.1. The minimum atomic E-state index is -1.12. The van der Waals surface area contributed by atoms with Crippen LogP contribution in [0.2, 0.25) is 5.02 Å². The summed E-state index contributed by atoms with van der Waals surface area (Å²) in [4.78, 5) is 4.24. The van der Waals surface area contributed by atoms with E-state index in [1.807, 2.05) is 36.4 Å². The first kappa shape index (κ1) is 15.9. The molecular weight excluding hydrogens is 332 g/mol. The Balaban J connectivity index is 1.71. The van der Waals surface area contributed by atoms with Crippen molar-refractivity contribution in [3.63, 3.8) is 0 Å². The van der Waals surface area contributed by atoms with Crippen molar-refractivity contribution < 1.29 is 5.11 Å². The lowest BCUT2D eigenvalue weighted by Crippen LogP contribution is -2.31. The van der Waals surface area contributed by atoms with Crippen LogP contribution in [0.25, 0.3) is 10.7 Å². The van der Waals surface area contributed by atoms with Gasteiger partial charge in [0.2, 0.25) is 5.13 Å². The molecule has 7 heteroatoms. The van der Waals surface area contributed by atoms with Crippen LogP contribution in [0, 0.1) is 0 Å². The zero-order chi connectivity index (χ0) is 16.3. The highest BCUT2D eigenvalue weighted by molar-refractivity contribution is 7.18. The Morgan fingerprint density at radius 1 is 1.17 bits per heavy atom. The van der Waals surface area contributed by atoms with Gasteiger partial charge in [-0.25, -0.2) is 0 Å². The summed E-state index contributed by atoms with van der Waals surface area (Å²) < 4.78 is 0. The van der Waals surface area contributed by atoms with Gasteiger partial charge in [0.15, 0.2) is 5.01 Å². The maximum absolute atomic E-state index is 10.6. The van der Waals surface area contributed by atoms with Crippen LogP contribution in [0.5, 0.6) is 0 Å². The molecule has 0 amide bonds. The number of pyridine rings is 1. The number of benzene rings is 1. The van der Waals surface area contributed by atoms with E-state index >= 15 is 0 Å². The van der Waals surface area contributed by atoms with Crippen LogP contribution in [0.3, 0.4) is 0 Å². The van der Waals surface area contributed by atoms with Gasteiger partial charge in [0, 0.05) is 23.3 Å². The topological polar surface area (TPSA) is 70.9 Å². The SMILES string of the molecule is CC(O)(CNc1nnc(-c2ccccn2)s1)c1ccccc1Cl. The van der Waals surface area contributed by atoms with Gasteiger partial charge in [-0.05, 0) is 25.1 Å². The largest absolute Gasteiger partial charge is 0.384 e. The molecule has 0 bridgehead atoms. The summed E-state index contributed by atoms with van der Waals surface area (Å²) in [6.45, 7) is 1.98. The third kappa shape index (κ3) is 3.67. The molecule has 0 aliphatic rings. The van der Waals surface area contributed by atoms with Gasteiger partial charge >= 0.3 is 0 Å². The number of anilines is 1. The van der Waals surface area contributed by atoms with Gasteiger partial charge < -0.3 is 10.4 Å². The zero-order valence-corrected chi connectivity index (χ0v) is 14.0. The average molecular weight is 347 g/mol. The molecule has 3 rings (SSSR count). The van der Waals surface area contributed by atoms with E-state index in [4.69, 9.17) is 11.6 Å². The van der Waals surface area contributed by atoms with E-state index in [9.17, 15) is 5.11 Å². The molecule has 118 valence electrons. The van der Waals surface area contributed by atoms with Crippen molar-refractivity contribution in [1.82, 2.24) is 15.2 Å². The van der Waals surface area contributed by atoms with Gasteiger partial charge in [-0.3, -0.25) is 4.98 Å². The van der Waals surface area contributed by atoms with E-state index in [2.05, 4.69) is 20.5 Å². The minimum absolute atomic E-state index is 0.271. The van der Waals surface area contributed by atoms with Crippen molar-refractivity contribution in [2.75, 3.05) is 11.9 Å². The second kappa shape index (κ2) is 6.62. The molecule has 0 radical (unpaired) electrons. The van der Waals surface area contributed by atoms with Crippen LogP contribution in [0.4, 0.5) is 5.13 Å². The van der Waals surface area contributed by atoms with Crippen LogP contribution >= 0.6 is 22.9 Å². The fourth-order valence-corrected chi connectivity index (χ4v) is 3.18. The third-order valence-electron chi connectivity index (χ3n) is 3.35. The lowest BCUT2D eigenvalue weighted by molar-refractivity contribution is 0.0716. The highest BCUT2D eigenvalue weighted by Crippen LogP contribution is 2.29. The number of nitrogens with one attached hydrogen (secondary N) is 1. The Kier molecular flexibility index (Phi) is 4.56. The molecule has 0 aliphatic heterocycles. The smallest absolute Gasteiger partial charge is 0.206 e. The highest BCUT2D eigenvalue weighted by Gasteiger charge is 2.25. The summed E-state index contributed by atoms with van der Waals surface area (Å²) in [7, 11) is 0. The molecule has 5 nitrogen and oxygen atoms in total. The predicted octanol–water partition coefficient (Wildman–Crippen LogP) is 3.57. The summed E-state index contributed by atoms with van der Waals surface area (Å²) in [6.07, 6.45) is 1.71. The lowest BCUT2D eigenvalue weighted by atomic mass is 9.96. The Hall–Kier alpha value is -2.02. The van der Waals surface area contributed by atoms with E-state index < -0.39 is 5.60 Å². The number of halogens is 1. The first-order valence-corrected chi connectivity index (χ1v) is 8.22. The standard InChI is InChI=1S/C16H15ClN4OS/c1-16(22,11-6-2-3-7-12(11)17)10-19-15-21-20-14(23-15)13-8-4-5-9-18-13/h2-9,22H,10H2,1H3,(H,19,21). The molecule has 3 aromatic rings. The molecule has 2 aromatic heterocycles. The molecule has 2 N–H and O–H groups in total. The zero-order valence-electron chi connectivity index (χ0n) is 12.4. The van der Waals surface area contributed by atoms with Gasteiger partial charge in [-0.15, -0.1) is 10.2 Å². The second-order valence-corrected chi connectivity index (χ2v) is 6.62. The van der Waals surface area contributed by atoms with Gasteiger partial charge in [0.25, 0.3) is 0 Å².